The number of rotatable bonds is 7. The first kappa shape index (κ1) is 28.3. The second kappa shape index (κ2) is 12.1. The molecule has 0 bridgehead atoms. The average molecular weight is 558 g/mol. The lowest BCUT2D eigenvalue weighted by Crippen LogP contribution is -2.51. The molecule has 8 nitrogen and oxygen atoms in total. The van der Waals surface area contributed by atoms with Gasteiger partial charge in [-0.25, -0.2) is 0 Å². The topological polar surface area (TPSA) is 71.6 Å². The first-order valence-corrected chi connectivity index (χ1v) is 14.1. The van der Waals surface area contributed by atoms with E-state index in [1.165, 1.54) is 11.3 Å². The van der Waals surface area contributed by atoms with E-state index in [1.807, 2.05) is 59.2 Å². The Bertz CT molecular complexity index is 1390. The number of anilines is 1. The molecule has 2 atom stereocenters. The van der Waals surface area contributed by atoms with Gasteiger partial charge in [0.1, 0.15) is 0 Å². The summed E-state index contributed by atoms with van der Waals surface area (Å²) in [5.74, 6) is 0.967. The van der Waals surface area contributed by atoms with Gasteiger partial charge < -0.3 is 28.9 Å². The highest BCUT2D eigenvalue weighted by molar-refractivity contribution is 5.96. The van der Waals surface area contributed by atoms with E-state index in [0.717, 1.165) is 24.2 Å². The maximum atomic E-state index is 14.2. The van der Waals surface area contributed by atoms with Crippen molar-refractivity contribution in [1.29, 1.82) is 0 Å². The van der Waals surface area contributed by atoms with Crippen LogP contribution in [0, 0.1) is 19.8 Å². The highest BCUT2D eigenvalue weighted by Gasteiger charge is 2.43. The SMILES string of the molecule is COc1cc([C@H]2CN(C(=O)c3ccccc3C)C[C@@H]2C(=O)N2CCN(c3ccccc3C)CC2)cc(OC)c1OC. The molecule has 3 aromatic rings. The Morgan fingerprint density at radius 1 is 0.732 bits per heavy atom. The number of carbonyl (C=O) groups excluding carboxylic acids is 2. The zero-order valence-corrected chi connectivity index (χ0v) is 24.6. The zero-order chi connectivity index (χ0) is 29.1. The smallest absolute Gasteiger partial charge is 0.254 e. The average Bonchev–Trinajstić information content (AvgIpc) is 3.46. The molecule has 8 heteroatoms. The zero-order valence-electron chi connectivity index (χ0n) is 24.6. The van der Waals surface area contributed by atoms with Crippen LogP contribution in [0.1, 0.15) is 33.0 Å². The molecule has 2 saturated heterocycles. The van der Waals surface area contributed by atoms with Gasteiger partial charge in [-0.15, -0.1) is 0 Å². The van der Waals surface area contributed by atoms with Gasteiger partial charge in [-0.2, -0.15) is 0 Å². The third-order valence-electron chi connectivity index (χ3n) is 8.46. The van der Waals surface area contributed by atoms with Crippen LogP contribution in [0.4, 0.5) is 5.69 Å². The summed E-state index contributed by atoms with van der Waals surface area (Å²) in [5.41, 5.74) is 4.91. The number of likely N-dealkylation sites (tertiary alicyclic amines) is 1. The molecule has 0 unspecified atom stereocenters. The fraction of sp³-hybridized carbons (Fsp3) is 0.394. The summed E-state index contributed by atoms with van der Waals surface area (Å²) < 4.78 is 16.8. The van der Waals surface area contributed by atoms with Crippen LogP contribution in [0.3, 0.4) is 0 Å². The first-order valence-electron chi connectivity index (χ1n) is 14.1. The first-order chi connectivity index (χ1) is 19.9. The number of para-hydroxylation sites is 1. The van der Waals surface area contributed by atoms with Gasteiger partial charge in [-0.1, -0.05) is 36.4 Å². The molecule has 0 aromatic heterocycles. The molecule has 2 fully saturated rings. The van der Waals surface area contributed by atoms with E-state index in [9.17, 15) is 9.59 Å². The fourth-order valence-corrected chi connectivity index (χ4v) is 6.18. The van der Waals surface area contributed by atoms with Crippen LogP contribution in [0.5, 0.6) is 17.2 Å². The minimum absolute atomic E-state index is 0.0554. The molecule has 5 rings (SSSR count). The van der Waals surface area contributed by atoms with Crippen LogP contribution < -0.4 is 19.1 Å². The van der Waals surface area contributed by atoms with E-state index in [-0.39, 0.29) is 17.7 Å². The van der Waals surface area contributed by atoms with E-state index < -0.39 is 5.92 Å². The number of hydrogen-bond acceptors (Lipinski definition) is 6. The molecule has 2 aliphatic rings. The summed E-state index contributed by atoms with van der Waals surface area (Å²) in [4.78, 5) is 34.0. The number of methoxy groups -OCH3 is 3. The molecular formula is C33H39N3O5. The molecular weight excluding hydrogens is 518 g/mol. The monoisotopic (exact) mass is 557 g/mol. The van der Waals surface area contributed by atoms with Crippen molar-refractivity contribution in [2.75, 3.05) is 65.5 Å². The molecule has 2 amide bonds. The van der Waals surface area contributed by atoms with Crippen molar-refractivity contribution < 1.29 is 23.8 Å². The van der Waals surface area contributed by atoms with Crippen LogP contribution in [0.25, 0.3) is 0 Å². The minimum Gasteiger partial charge on any atom is -0.493 e. The maximum Gasteiger partial charge on any atom is 0.254 e. The minimum atomic E-state index is -0.393. The predicted octanol–water partition coefficient (Wildman–Crippen LogP) is 4.53. The number of benzene rings is 3. The molecule has 0 saturated carbocycles. The van der Waals surface area contributed by atoms with Crippen LogP contribution in [0.15, 0.2) is 60.7 Å². The molecule has 0 spiro atoms. The van der Waals surface area contributed by atoms with Gasteiger partial charge in [0.2, 0.25) is 11.7 Å². The van der Waals surface area contributed by atoms with Gasteiger partial charge in [-0.05, 0) is 54.8 Å². The van der Waals surface area contributed by atoms with Gasteiger partial charge in [0, 0.05) is 56.4 Å². The number of aryl methyl sites for hydroxylation is 2. The Morgan fingerprint density at radius 2 is 1.34 bits per heavy atom. The quantitative estimate of drug-likeness (QED) is 0.425. The third kappa shape index (κ3) is 5.56. The highest BCUT2D eigenvalue weighted by Crippen LogP contribution is 2.44. The number of hydrogen-bond donors (Lipinski definition) is 0. The van der Waals surface area contributed by atoms with E-state index in [1.54, 1.807) is 21.3 Å². The Kier molecular flexibility index (Phi) is 8.38. The predicted molar refractivity (Wildman–Crippen MR) is 159 cm³/mol. The van der Waals surface area contributed by atoms with Gasteiger partial charge in [-0.3, -0.25) is 9.59 Å². The van der Waals surface area contributed by atoms with Gasteiger partial charge in [0.25, 0.3) is 5.91 Å². The molecule has 0 aliphatic carbocycles. The standard InChI is InChI=1S/C33H39N3O5/c1-22-10-6-8-12-25(22)32(37)36-20-26(24-18-29(39-3)31(41-5)30(19-24)40-4)27(21-36)33(38)35-16-14-34(15-17-35)28-13-9-7-11-23(28)2/h6-13,18-19,26-27H,14-17,20-21H2,1-5H3/t26-,27+/m1/s1. The van der Waals surface area contributed by atoms with E-state index in [4.69, 9.17) is 14.2 Å². The van der Waals surface area contributed by atoms with Crippen LogP contribution in [0.2, 0.25) is 0 Å². The van der Waals surface area contributed by atoms with Gasteiger partial charge >= 0.3 is 0 Å². The van der Waals surface area contributed by atoms with E-state index in [0.29, 0.717) is 49.0 Å². The highest BCUT2D eigenvalue weighted by atomic mass is 16.5. The lowest BCUT2D eigenvalue weighted by Gasteiger charge is -2.38. The van der Waals surface area contributed by atoms with Gasteiger partial charge in [0.15, 0.2) is 11.5 Å². The summed E-state index contributed by atoms with van der Waals surface area (Å²) in [6.07, 6.45) is 0. The number of piperazine rings is 1. The van der Waals surface area contributed by atoms with Crippen molar-refractivity contribution >= 4 is 17.5 Å². The van der Waals surface area contributed by atoms with E-state index >= 15 is 0 Å². The summed E-state index contributed by atoms with van der Waals surface area (Å²) in [5, 5.41) is 0. The largest absolute Gasteiger partial charge is 0.493 e. The Morgan fingerprint density at radius 3 is 1.93 bits per heavy atom. The Labute approximate surface area is 242 Å². The van der Waals surface area contributed by atoms with Crippen molar-refractivity contribution in [2.24, 2.45) is 5.92 Å². The third-order valence-corrected chi connectivity index (χ3v) is 8.46. The van der Waals surface area contributed by atoms with Crippen molar-refractivity contribution in [3.8, 4) is 17.2 Å². The summed E-state index contributed by atoms with van der Waals surface area (Å²) in [6.45, 7) is 7.64. The Hall–Kier alpha value is -4.20. The molecule has 216 valence electrons. The van der Waals surface area contributed by atoms with Crippen LogP contribution in [-0.4, -0.2) is 82.2 Å². The number of nitrogens with zero attached hydrogens (tertiary/aromatic N) is 3. The molecule has 0 N–H and O–H groups in total. The summed E-state index contributed by atoms with van der Waals surface area (Å²) >= 11 is 0. The Balaban J connectivity index is 1.43. The fourth-order valence-electron chi connectivity index (χ4n) is 6.18. The van der Waals surface area contributed by atoms with Crippen LogP contribution in [-0.2, 0) is 4.79 Å². The van der Waals surface area contributed by atoms with Crippen LogP contribution >= 0.6 is 0 Å². The van der Waals surface area contributed by atoms with Crippen molar-refractivity contribution in [3.05, 3.63) is 82.9 Å². The molecule has 3 aromatic carbocycles. The van der Waals surface area contributed by atoms with Crippen molar-refractivity contribution in [3.63, 3.8) is 0 Å². The van der Waals surface area contributed by atoms with Gasteiger partial charge in [0.05, 0.1) is 27.2 Å². The molecule has 41 heavy (non-hydrogen) atoms. The lowest BCUT2D eigenvalue weighted by molar-refractivity contribution is -0.135. The van der Waals surface area contributed by atoms with E-state index in [2.05, 4.69) is 30.0 Å². The normalized spacial score (nSPS) is 18.8. The number of ether oxygens (including phenoxy) is 3. The molecule has 2 aliphatic heterocycles. The number of carbonyl (C=O) groups is 2. The van der Waals surface area contributed by atoms with Crippen molar-refractivity contribution in [1.82, 2.24) is 9.80 Å². The molecule has 0 radical (unpaired) electrons. The summed E-state index contributed by atoms with van der Waals surface area (Å²) in [7, 11) is 4.74. The lowest BCUT2D eigenvalue weighted by atomic mass is 9.87. The molecule has 2 heterocycles. The maximum absolute atomic E-state index is 14.2. The van der Waals surface area contributed by atoms with Crippen molar-refractivity contribution in [2.45, 2.75) is 19.8 Å². The second-order valence-corrected chi connectivity index (χ2v) is 10.8. The second-order valence-electron chi connectivity index (χ2n) is 10.8. The summed E-state index contributed by atoms with van der Waals surface area (Å²) in [6, 6.07) is 19.8. The number of amides is 2.